The molecule has 3 rings (SSSR count). The maximum absolute atomic E-state index is 13.5. The summed E-state index contributed by atoms with van der Waals surface area (Å²) in [6.45, 7) is 0. The average molecular weight is 260 g/mol. The fraction of sp³-hybridized carbons (Fsp3) is 0.0833. The number of benzene rings is 1. The highest BCUT2D eigenvalue weighted by Gasteiger charge is 2.15. The van der Waals surface area contributed by atoms with E-state index in [1.165, 1.54) is 6.07 Å². The summed E-state index contributed by atoms with van der Waals surface area (Å²) < 4.78 is 15.3. The fourth-order valence-electron chi connectivity index (χ4n) is 1.85. The number of fused-ring (bicyclic) bond motifs is 1. The lowest BCUT2D eigenvalue weighted by molar-refractivity contribution is 0.0692. The summed E-state index contributed by atoms with van der Waals surface area (Å²) >= 11 is 0. The van der Waals surface area contributed by atoms with Crippen LogP contribution in [-0.2, 0) is 7.05 Å². The maximum Gasteiger partial charge on any atom is 0.338 e. The van der Waals surface area contributed by atoms with Gasteiger partial charge in [0.25, 0.3) is 0 Å². The van der Waals surface area contributed by atoms with Crippen molar-refractivity contribution >= 4 is 17.0 Å². The predicted molar refractivity (Wildman–Crippen MR) is 65.2 cm³/mol. The van der Waals surface area contributed by atoms with Crippen molar-refractivity contribution in [2.45, 2.75) is 0 Å². The van der Waals surface area contributed by atoms with Gasteiger partial charge in [0.1, 0.15) is 11.5 Å². The van der Waals surface area contributed by atoms with Crippen molar-refractivity contribution in [2.75, 3.05) is 0 Å². The van der Waals surface area contributed by atoms with Gasteiger partial charge < -0.3 is 14.7 Å². The number of aryl methyl sites for hydroxylation is 1. The van der Waals surface area contributed by atoms with E-state index in [1.54, 1.807) is 17.1 Å². The zero-order valence-electron chi connectivity index (χ0n) is 9.88. The zero-order valence-corrected chi connectivity index (χ0v) is 9.88. The van der Waals surface area contributed by atoms with Crippen LogP contribution in [0.3, 0.4) is 0 Å². The molecule has 0 saturated heterocycles. The first kappa shape index (κ1) is 11.4. The number of aromatic amines is 1. The Morgan fingerprint density at radius 3 is 2.89 bits per heavy atom. The Kier molecular flexibility index (Phi) is 2.34. The van der Waals surface area contributed by atoms with Crippen molar-refractivity contribution in [1.82, 2.24) is 19.5 Å². The lowest BCUT2D eigenvalue weighted by Gasteiger charge is -1.95. The number of H-pyrrole nitrogens is 1. The van der Waals surface area contributed by atoms with Gasteiger partial charge in [-0.05, 0) is 6.07 Å². The molecule has 0 amide bonds. The highest BCUT2D eigenvalue weighted by atomic mass is 19.1. The van der Waals surface area contributed by atoms with Gasteiger partial charge in [0.05, 0.1) is 22.9 Å². The molecular formula is C12H9FN4O2. The number of carboxylic acid groups (broad SMARTS) is 1. The number of carbonyl (C=O) groups is 1. The van der Waals surface area contributed by atoms with E-state index in [1.807, 2.05) is 7.05 Å². The van der Waals surface area contributed by atoms with Crippen LogP contribution in [0.25, 0.3) is 22.6 Å². The molecule has 2 N–H and O–H groups in total. The number of aromatic nitrogens is 4. The third-order valence-electron chi connectivity index (χ3n) is 2.75. The van der Waals surface area contributed by atoms with E-state index < -0.39 is 17.3 Å². The summed E-state index contributed by atoms with van der Waals surface area (Å²) in [5, 5.41) is 8.86. The molecule has 0 aliphatic carbocycles. The van der Waals surface area contributed by atoms with Gasteiger partial charge in [-0.2, -0.15) is 0 Å². The van der Waals surface area contributed by atoms with E-state index >= 15 is 0 Å². The SMILES string of the molecule is Cn1cnc(-c2nc3cc(C(=O)O)c(F)cc3[nH]2)c1. The van der Waals surface area contributed by atoms with Crippen LogP contribution in [0.5, 0.6) is 0 Å². The van der Waals surface area contributed by atoms with Gasteiger partial charge in [-0.15, -0.1) is 0 Å². The van der Waals surface area contributed by atoms with E-state index in [0.29, 0.717) is 22.6 Å². The molecule has 7 heteroatoms. The zero-order chi connectivity index (χ0) is 13.6. The van der Waals surface area contributed by atoms with Crippen LogP contribution < -0.4 is 0 Å². The van der Waals surface area contributed by atoms with Crippen molar-refractivity contribution in [3.63, 3.8) is 0 Å². The van der Waals surface area contributed by atoms with E-state index in [-0.39, 0.29) is 0 Å². The van der Waals surface area contributed by atoms with Gasteiger partial charge in [0.2, 0.25) is 0 Å². The quantitative estimate of drug-likeness (QED) is 0.735. The molecule has 19 heavy (non-hydrogen) atoms. The molecule has 2 aromatic heterocycles. The van der Waals surface area contributed by atoms with Crippen LogP contribution in [-0.4, -0.2) is 30.6 Å². The second-order valence-electron chi connectivity index (χ2n) is 4.16. The fourth-order valence-corrected chi connectivity index (χ4v) is 1.85. The topological polar surface area (TPSA) is 83.8 Å². The summed E-state index contributed by atoms with van der Waals surface area (Å²) in [5.41, 5.74) is 1.03. The standard InChI is InChI=1S/C12H9FN4O2/c1-17-4-10(14-5-17)11-15-8-2-6(12(18)19)7(13)3-9(8)16-11/h2-5H,1H3,(H,15,16)(H,18,19). The number of hydrogen-bond donors (Lipinski definition) is 2. The molecule has 2 heterocycles. The van der Waals surface area contributed by atoms with E-state index in [0.717, 1.165) is 6.07 Å². The first-order valence-electron chi connectivity index (χ1n) is 5.45. The minimum Gasteiger partial charge on any atom is -0.478 e. The minimum atomic E-state index is -1.32. The molecule has 0 radical (unpaired) electrons. The molecule has 6 nitrogen and oxygen atoms in total. The monoisotopic (exact) mass is 260 g/mol. The predicted octanol–water partition coefficient (Wildman–Crippen LogP) is 1.80. The van der Waals surface area contributed by atoms with Crippen LogP contribution in [0.1, 0.15) is 10.4 Å². The number of rotatable bonds is 2. The molecule has 0 aliphatic rings. The van der Waals surface area contributed by atoms with Crippen molar-refractivity contribution in [3.8, 4) is 11.5 Å². The van der Waals surface area contributed by atoms with Gasteiger partial charge in [0.15, 0.2) is 5.82 Å². The molecule has 0 saturated carbocycles. The molecule has 3 aromatic rings. The number of carboxylic acids is 1. The van der Waals surface area contributed by atoms with E-state index in [4.69, 9.17) is 5.11 Å². The second kappa shape index (κ2) is 3.91. The van der Waals surface area contributed by atoms with Gasteiger partial charge in [-0.25, -0.2) is 19.2 Å². The molecule has 0 fully saturated rings. The van der Waals surface area contributed by atoms with Crippen LogP contribution in [0.4, 0.5) is 4.39 Å². The number of imidazole rings is 2. The summed E-state index contributed by atoms with van der Waals surface area (Å²) in [7, 11) is 1.82. The van der Waals surface area contributed by atoms with Crippen LogP contribution in [0, 0.1) is 5.82 Å². The summed E-state index contributed by atoms with van der Waals surface area (Å²) in [6, 6.07) is 2.33. The Morgan fingerprint density at radius 1 is 1.47 bits per heavy atom. The van der Waals surface area contributed by atoms with Gasteiger partial charge in [-0.3, -0.25) is 0 Å². The molecule has 0 unspecified atom stereocenters. The molecule has 0 aliphatic heterocycles. The normalized spacial score (nSPS) is 11.1. The lowest BCUT2D eigenvalue weighted by Crippen LogP contribution is -1.99. The number of aromatic carboxylic acids is 1. The van der Waals surface area contributed by atoms with E-state index in [2.05, 4.69) is 15.0 Å². The van der Waals surface area contributed by atoms with Crippen LogP contribution >= 0.6 is 0 Å². The first-order chi connectivity index (χ1) is 9.04. The van der Waals surface area contributed by atoms with E-state index in [9.17, 15) is 9.18 Å². The number of hydrogen-bond acceptors (Lipinski definition) is 3. The summed E-state index contributed by atoms with van der Waals surface area (Å²) in [5.74, 6) is -1.64. The van der Waals surface area contributed by atoms with Crippen molar-refractivity contribution < 1.29 is 14.3 Å². The number of nitrogens with one attached hydrogen (secondary N) is 1. The van der Waals surface area contributed by atoms with Crippen LogP contribution in [0.15, 0.2) is 24.7 Å². The third kappa shape index (κ3) is 1.85. The molecule has 0 spiro atoms. The molecule has 96 valence electrons. The Bertz CT molecular complexity index is 790. The highest BCUT2D eigenvalue weighted by molar-refractivity contribution is 5.93. The minimum absolute atomic E-state index is 0.388. The van der Waals surface area contributed by atoms with Crippen molar-refractivity contribution in [1.29, 1.82) is 0 Å². The van der Waals surface area contributed by atoms with Crippen LogP contribution in [0.2, 0.25) is 0 Å². The lowest BCUT2D eigenvalue weighted by atomic mass is 10.2. The van der Waals surface area contributed by atoms with Gasteiger partial charge in [0, 0.05) is 19.3 Å². The highest BCUT2D eigenvalue weighted by Crippen LogP contribution is 2.21. The van der Waals surface area contributed by atoms with Gasteiger partial charge in [-0.1, -0.05) is 0 Å². The third-order valence-corrected chi connectivity index (χ3v) is 2.75. The number of halogens is 1. The molecule has 1 aromatic carbocycles. The first-order valence-corrected chi connectivity index (χ1v) is 5.45. The second-order valence-corrected chi connectivity index (χ2v) is 4.16. The maximum atomic E-state index is 13.5. The number of nitrogens with zero attached hydrogens (tertiary/aromatic N) is 3. The molecule has 0 bridgehead atoms. The molecule has 0 atom stereocenters. The summed E-state index contributed by atoms with van der Waals surface area (Å²) in [6.07, 6.45) is 3.37. The van der Waals surface area contributed by atoms with Crippen molar-refractivity contribution in [3.05, 3.63) is 36.0 Å². The Balaban J connectivity index is 2.18. The van der Waals surface area contributed by atoms with Crippen molar-refractivity contribution in [2.24, 2.45) is 7.05 Å². The Morgan fingerprint density at radius 2 is 2.26 bits per heavy atom. The summed E-state index contributed by atoms with van der Waals surface area (Å²) in [4.78, 5) is 22.1. The average Bonchev–Trinajstić information content (AvgIpc) is 2.93. The molecular weight excluding hydrogens is 251 g/mol. The Hall–Kier alpha value is -2.70. The smallest absolute Gasteiger partial charge is 0.338 e. The Labute approximate surface area is 106 Å². The van der Waals surface area contributed by atoms with Gasteiger partial charge >= 0.3 is 5.97 Å². The largest absolute Gasteiger partial charge is 0.478 e.